The summed E-state index contributed by atoms with van der Waals surface area (Å²) in [6.45, 7) is -0.0914. The molecule has 1 aromatic heterocycles. The van der Waals surface area contributed by atoms with Crippen LogP contribution in [0.3, 0.4) is 0 Å². The molecule has 0 saturated carbocycles. The summed E-state index contributed by atoms with van der Waals surface area (Å²) in [7, 11) is 1.73. The van der Waals surface area contributed by atoms with Crippen LogP contribution in [0.4, 0.5) is 0 Å². The van der Waals surface area contributed by atoms with Gasteiger partial charge < -0.3 is 29.6 Å². The van der Waals surface area contributed by atoms with E-state index in [1.165, 1.54) is 6.07 Å². The monoisotopic (exact) mass is 469 g/mol. The van der Waals surface area contributed by atoms with Gasteiger partial charge in [-0.15, -0.1) is 0 Å². The minimum absolute atomic E-state index is 0.0289. The number of pyridine rings is 1. The maximum Gasteiger partial charge on any atom is 0.359 e. The lowest BCUT2D eigenvalue weighted by atomic mass is 10.2. The van der Waals surface area contributed by atoms with Gasteiger partial charge in [-0.3, -0.25) is 24.4 Å². The average Bonchev–Trinajstić information content (AvgIpc) is 2.68. The Bertz CT molecular complexity index is 894. The van der Waals surface area contributed by atoms with Crippen molar-refractivity contribution in [2.45, 2.75) is 13.1 Å². The highest BCUT2D eigenvalue weighted by Crippen LogP contribution is 2.21. The summed E-state index contributed by atoms with van der Waals surface area (Å²) in [6, 6.07) is 3.13. The Morgan fingerprint density at radius 3 is 2.00 bits per heavy atom. The van der Waals surface area contributed by atoms with E-state index in [2.05, 4.69) is 4.98 Å². The Kier molecular flexibility index (Phi) is 9.08. The van der Waals surface area contributed by atoms with Crippen molar-refractivity contribution >= 4 is 23.9 Å². The summed E-state index contributed by atoms with van der Waals surface area (Å²) in [5.74, 6) is -4.14. The number of hydrogen-bond donors (Lipinski definition) is 4. The molecular weight excluding hydrogens is 440 g/mol. The zero-order valence-corrected chi connectivity index (χ0v) is 18.3. The first-order chi connectivity index (χ1) is 15.5. The molecule has 182 valence electrons. The smallest absolute Gasteiger partial charge is 0.359 e. The van der Waals surface area contributed by atoms with Gasteiger partial charge in [0, 0.05) is 26.2 Å². The van der Waals surface area contributed by atoms with Gasteiger partial charge in [0.15, 0.2) is 13.2 Å². The molecule has 33 heavy (non-hydrogen) atoms. The molecule has 0 amide bonds. The molecule has 0 aromatic carbocycles. The molecule has 1 aromatic rings. The van der Waals surface area contributed by atoms with Crippen molar-refractivity contribution in [3.05, 3.63) is 23.5 Å². The number of nitrogens with zero attached hydrogens (tertiary/aromatic N) is 4. The molecular formula is C20H29N4O9+. The van der Waals surface area contributed by atoms with Crippen LogP contribution in [0.2, 0.25) is 0 Å². The van der Waals surface area contributed by atoms with Crippen LogP contribution in [0.25, 0.3) is 0 Å². The molecule has 1 aliphatic rings. The van der Waals surface area contributed by atoms with E-state index in [-0.39, 0.29) is 56.0 Å². The van der Waals surface area contributed by atoms with Crippen molar-refractivity contribution < 1.29 is 48.8 Å². The summed E-state index contributed by atoms with van der Waals surface area (Å²) in [6.07, 6.45) is 0. The Hall–Kier alpha value is -3.29. The Labute approximate surface area is 190 Å². The quantitative estimate of drug-likeness (QED) is 0.320. The van der Waals surface area contributed by atoms with Crippen LogP contribution < -0.4 is 4.74 Å². The fourth-order valence-electron chi connectivity index (χ4n) is 3.62. The van der Waals surface area contributed by atoms with Crippen molar-refractivity contribution in [2.24, 2.45) is 0 Å². The van der Waals surface area contributed by atoms with Crippen LogP contribution in [-0.4, -0.2) is 123 Å². The van der Waals surface area contributed by atoms with Gasteiger partial charge in [-0.25, -0.2) is 9.59 Å². The molecule has 0 saturated heterocycles. The fourth-order valence-corrected chi connectivity index (χ4v) is 3.62. The number of hydrogen-bond acceptors (Lipinski definition) is 8. The van der Waals surface area contributed by atoms with Crippen molar-refractivity contribution in [3.63, 3.8) is 0 Å². The van der Waals surface area contributed by atoms with E-state index in [0.717, 1.165) is 0 Å². The highest BCUT2D eigenvalue weighted by Gasteiger charge is 2.29. The molecule has 1 aliphatic heterocycles. The zero-order valence-electron chi connectivity index (χ0n) is 18.3. The topological polar surface area (TPSA) is 178 Å². The molecule has 1 atom stereocenters. The predicted octanol–water partition coefficient (Wildman–Crippen LogP) is -1.14. The van der Waals surface area contributed by atoms with Crippen LogP contribution in [0.5, 0.6) is 5.75 Å². The van der Waals surface area contributed by atoms with Crippen LogP contribution in [0, 0.1) is 0 Å². The van der Waals surface area contributed by atoms with E-state index < -0.39 is 30.5 Å². The van der Waals surface area contributed by atoms with E-state index in [4.69, 9.17) is 9.84 Å². The molecule has 13 heteroatoms. The Morgan fingerprint density at radius 2 is 1.48 bits per heavy atom. The van der Waals surface area contributed by atoms with Gasteiger partial charge in [-0.05, 0) is 12.1 Å². The summed E-state index contributed by atoms with van der Waals surface area (Å²) in [4.78, 5) is 52.9. The number of aliphatic carboxylic acids is 4. The summed E-state index contributed by atoms with van der Waals surface area (Å²) < 4.78 is 5.39. The highest BCUT2D eigenvalue weighted by molar-refractivity contribution is 5.70. The van der Waals surface area contributed by atoms with Gasteiger partial charge in [0.1, 0.15) is 5.75 Å². The Balaban J connectivity index is 2.44. The molecule has 2 heterocycles. The molecule has 13 nitrogen and oxygen atoms in total. The van der Waals surface area contributed by atoms with Crippen molar-refractivity contribution in [3.8, 4) is 5.75 Å². The SMILES string of the molecule is C[N+]1(CC(=O)O)CCN(CC(=O)O)Cc2ccc(OCC(=O)O)c(n2)CN(CC(=O)O)CC1. The number of rotatable bonds is 9. The van der Waals surface area contributed by atoms with Gasteiger partial charge in [-0.1, -0.05) is 0 Å². The van der Waals surface area contributed by atoms with Crippen LogP contribution in [0.1, 0.15) is 11.4 Å². The third-order valence-corrected chi connectivity index (χ3v) is 5.25. The third kappa shape index (κ3) is 9.00. The summed E-state index contributed by atoms with van der Waals surface area (Å²) in [5, 5.41) is 36.9. The maximum atomic E-state index is 11.5. The number of quaternary nitrogens is 1. The van der Waals surface area contributed by atoms with Gasteiger partial charge in [0.25, 0.3) is 0 Å². The lowest BCUT2D eigenvalue weighted by Gasteiger charge is -2.37. The fraction of sp³-hybridized carbons (Fsp3) is 0.550. The van der Waals surface area contributed by atoms with E-state index in [1.807, 2.05) is 0 Å². The highest BCUT2D eigenvalue weighted by atomic mass is 16.5. The largest absolute Gasteiger partial charge is 0.480 e. The number of fused-ring (bicyclic) bond motifs is 2. The lowest BCUT2D eigenvalue weighted by molar-refractivity contribution is -0.901. The molecule has 0 radical (unpaired) electrons. The number of carboxylic acid groups (broad SMARTS) is 4. The number of ether oxygens (including phenoxy) is 1. The zero-order chi connectivity index (χ0) is 24.6. The molecule has 2 rings (SSSR count). The molecule has 0 aliphatic carbocycles. The molecule has 1 unspecified atom stereocenters. The number of aromatic nitrogens is 1. The minimum Gasteiger partial charge on any atom is -0.480 e. The third-order valence-electron chi connectivity index (χ3n) is 5.25. The number of carboxylic acids is 4. The minimum atomic E-state index is -1.18. The molecule has 4 N–H and O–H groups in total. The number of likely N-dealkylation sites (N-methyl/N-ethyl adjacent to an activating group) is 1. The molecule has 2 bridgehead atoms. The van der Waals surface area contributed by atoms with Crippen LogP contribution >= 0.6 is 0 Å². The van der Waals surface area contributed by atoms with Gasteiger partial charge in [0.05, 0.1) is 44.6 Å². The van der Waals surface area contributed by atoms with Crippen molar-refractivity contribution in [2.75, 3.05) is 59.5 Å². The van der Waals surface area contributed by atoms with E-state index >= 15 is 0 Å². The summed E-state index contributed by atoms with van der Waals surface area (Å²) >= 11 is 0. The molecule has 0 fully saturated rings. The Morgan fingerprint density at radius 1 is 0.909 bits per heavy atom. The van der Waals surface area contributed by atoms with E-state index in [0.29, 0.717) is 24.5 Å². The standard InChI is InChI=1S/C20H28N4O9/c1-24(12-19(29)30)6-4-22(10-17(25)26)8-14-2-3-16(33-13-20(31)32)15(21-14)9-23(5-7-24)11-18(27)28/h2-3H,4-13H2,1H3,(H3-,25,26,27,28,29,30,31,32)/p+1. The maximum absolute atomic E-state index is 11.5. The molecule has 0 spiro atoms. The lowest BCUT2D eigenvalue weighted by Crippen LogP contribution is -2.55. The van der Waals surface area contributed by atoms with E-state index in [9.17, 15) is 34.5 Å². The van der Waals surface area contributed by atoms with Gasteiger partial charge in [0.2, 0.25) is 0 Å². The van der Waals surface area contributed by atoms with E-state index in [1.54, 1.807) is 22.9 Å². The normalized spacial score (nSPS) is 20.3. The van der Waals surface area contributed by atoms with Gasteiger partial charge in [-0.2, -0.15) is 0 Å². The van der Waals surface area contributed by atoms with Crippen LogP contribution in [0.15, 0.2) is 12.1 Å². The second-order valence-electron chi connectivity index (χ2n) is 8.26. The second kappa shape index (κ2) is 11.5. The van der Waals surface area contributed by atoms with Crippen molar-refractivity contribution in [1.82, 2.24) is 14.8 Å². The first kappa shape index (κ1) is 26.0. The predicted molar refractivity (Wildman–Crippen MR) is 112 cm³/mol. The number of carbonyl (C=O) groups is 4. The van der Waals surface area contributed by atoms with Crippen LogP contribution in [-0.2, 0) is 32.3 Å². The van der Waals surface area contributed by atoms with Gasteiger partial charge >= 0.3 is 23.9 Å². The summed E-state index contributed by atoms with van der Waals surface area (Å²) in [5.41, 5.74) is 0.815. The first-order valence-electron chi connectivity index (χ1n) is 10.2. The van der Waals surface area contributed by atoms with Crippen molar-refractivity contribution in [1.29, 1.82) is 0 Å². The first-order valence-corrected chi connectivity index (χ1v) is 10.2. The average molecular weight is 469 g/mol. The second-order valence-corrected chi connectivity index (χ2v) is 8.26.